The second-order valence-electron chi connectivity index (χ2n) is 7.32. The third kappa shape index (κ3) is 4.28. The average Bonchev–Trinajstić information content (AvgIpc) is 3.28. The molecule has 8 heteroatoms. The van der Waals surface area contributed by atoms with E-state index in [1.807, 2.05) is 36.5 Å². The Labute approximate surface area is 167 Å². The molecule has 0 aliphatic carbocycles. The molecule has 1 fully saturated rings. The first kappa shape index (κ1) is 19.5. The van der Waals surface area contributed by atoms with Crippen LogP contribution in [0.1, 0.15) is 15.9 Å². The first-order chi connectivity index (χ1) is 14.0. The summed E-state index contributed by atoms with van der Waals surface area (Å²) in [6.07, 6.45) is -0.859. The Morgan fingerprint density at radius 1 is 1.14 bits per heavy atom. The molecule has 29 heavy (non-hydrogen) atoms. The van der Waals surface area contributed by atoms with Crippen molar-refractivity contribution in [3.63, 3.8) is 0 Å². The van der Waals surface area contributed by atoms with Crippen LogP contribution in [-0.4, -0.2) is 59.1 Å². The highest BCUT2D eigenvalue weighted by molar-refractivity contribution is 6.04. The molecule has 1 aliphatic rings. The van der Waals surface area contributed by atoms with Crippen LogP contribution in [0.5, 0.6) is 0 Å². The lowest BCUT2D eigenvalue weighted by molar-refractivity contribution is 0.100. The monoisotopic (exact) mass is 399 g/mol. The van der Waals surface area contributed by atoms with Gasteiger partial charge in [-0.25, -0.2) is 13.5 Å². The van der Waals surface area contributed by atoms with E-state index in [1.165, 1.54) is 0 Å². The topological polar surface area (TPSA) is 76.2 Å². The van der Waals surface area contributed by atoms with Crippen LogP contribution in [-0.2, 0) is 6.54 Å². The molecule has 3 N–H and O–H groups in total. The minimum Gasteiger partial charge on any atom is -0.366 e. The highest BCUT2D eigenvalue weighted by Gasteiger charge is 2.32. The molecule has 1 saturated heterocycles. The third-order valence-electron chi connectivity index (χ3n) is 5.19. The second-order valence-corrected chi connectivity index (χ2v) is 7.32. The number of likely N-dealkylation sites (tertiary alicyclic amines) is 1. The summed E-state index contributed by atoms with van der Waals surface area (Å²) >= 11 is 0. The van der Waals surface area contributed by atoms with Crippen molar-refractivity contribution in [1.82, 2.24) is 20.0 Å². The smallest absolute Gasteiger partial charge is 0.250 e. The van der Waals surface area contributed by atoms with Crippen molar-refractivity contribution in [3.05, 3.63) is 59.8 Å². The predicted octanol–water partition coefficient (Wildman–Crippen LogP) is 2.21. The highest BCUT2D eigenvalue weighted by Crippen LogP contribution is 2.20. The lowest BCUT2D eigenvalue weighted by Crippen LogP contribution is -2.30. The van der Waals surface area contributed by atoms with E-state index >= 15 is 0 Å². The van der Waals surface area contributed by atoms with Gasteiger partial charge in [0.05, 0.1) is 11.3 Å². The van der Waals surface area contributed by atoms with Gasteiger partial charge in [-0.3, -0.25) is 9.69 Å². The number of nitrogens with one attached hydrogen (secondary N) is 1. The summed E-state index contributed by atoms with van der Waals surface area (Å²) in [6.45, 7) is 2.31. The fourth-order valence-electron chi connectivity index (χ4n) is 3.59. The van der Waals surface area contributed by atoms with E-state index in [9.17, 15) is 13.6 Å². The molecular formula is C21H23F2N5O. The van der Waals surface area contributed by atoms with Gasteiger partial charge >= 0.3 is 0 Å². The van der Waals surface area contributed by atoms with Gasteiger partial charge in [-0.2, -0.15) is 5.10 Å². The number of amides is 1. The summed E-state index contributed by atoms with van der Waals surface area (Å²) in [4.78, 5) is 13.4. The van der Waals surface area contributed by atoms with Crippen LogP contribution in [0.25, 0.3) is 16.6 Å². The van der Waals surface area contributed by atoms with Gasteiger partial charge in [-0.05, 0) is 23.8 Å². The van der Waals surface area contributed by atoms with E-state index < -0.39 is 18.3 Å². The number of nitrogens with two attached hydrogens (primary N) is 1. The standard InChI is InChI=1S/C21H23F2N5O/c22-18-12-27(13-19(18)23)9-8-25-10-14-4-6-16(7-5-14)28-11-15-2-1-3-17(21(24)29)20(15)26-28/h1-7,11,18-19,25H,8-10,12-13H2,(H2,24,29)/t18-,19-/m0/s1. The number of halogens is 2. The molecule has 0 spiro atoms. The van der Waals surface area contributed by atoms with Crippen molar-refractivity contribution in [2.45, 2.75) is 18.9 Å². The number of rotatable bonds is 7. The maximum absolute atomic E-state index is 13.2. The van der Waals surface area contributed by atoms with E-state index in [0.717, 1.165) is 16.6 Å². The molecule has 0 radical (unpaired) electrons. The zero-order valence-corrected chi connectivity index (χ0v) is 15.9. The normalized spacial score (nSPS) is 19.8. The molecular weight excluding hydrogens is 376 g/mol. The number of aromatic nitrogens is 2. The van der Waals surface area contributed by atoms with Crippen molar-refractivity contribution < 1.29 is 13.6 Å². The summed E-state index contributed by atoms with van der Waals surface area (Å²) in [7, 11) is 0. The van der Waals surface area contributed by atoms with Gasteiger partial charge in [0.1, 0.15) is 17.9 Å². The molecule has 0 unspecified atom stereocenters. The Morgan fingerprint density at radius 2 is 1.86 bits per heavy atom. The van der Waals surface area contributed by atoms with Crippen molar-refractivity contribution in [3.8, 4) is 5.69 Å². The summed E-state index contributed by atoms with van der Waals surface area (Å²) in [5, 5.41) is 8.64. The Morgan fingerprint density at radius 3 is 2.55 bits per heavy atom. The van der Waals surface area contributed by atoms with Gasteiger partial charge in [-0.1, -0.05) is 24.3 Å². The minimum atomic E-state index is -1.36. The Kier molecular flexibility index (Phi) is 5.55. The number of alkyl halides is 2. The third-order valence-corrected chi connectivity index (χ3v) is 5.19. The Bertz CT molecular complexity index is 994. The predicted molar refractivity (Wildman–Crippen MR) is 108 cm³/mol. The maximum Gasteiger partial charge on any atom is 0.250 e. The van der Waals surface area contributed by atoms with Crippen LogP contribution < -0.4 is 11.1 Å². The summed E-state index contributed by atoms with van der Waals surface area (Å²) in [5.41, 5.74) is 8.38. The summed E-state index contributed by atoms with van der Waals surface area (Å²) in [5.74, 6) is -0.500. The molecule has 2 aromatic carbocycles. The van der Waals surface area contributed by atoms with Gasteiger partial charge < -0.3 is 11.1 Å². The van der Waals surface area contributed by atoms with Gasteiger partial charge in [0.15, 0.2) is 0 Å². The van der Waals surface area contributed by atoms with Crippen LogP contribution in [0.2, 0.25) is 0 Å². The van der Waals surface area contributed by atoms with Crippen molar-refractivity contribution in [2.24, 2.45) is 5.73 Å². The number of hydrogen-bond acceptors (Lipinski definition) is 4. The number of carbonyl (C=O) groups is 1. The molecule has 1 aromatic heterocycles. The largest absolute Gasteiger partial charge is 0.366 e. The van der Waals surface area contributed by atoms with Crippen LogP contribution in [0.15, 0.2) is 48.7 Å². The van der Waals surface area contributed by atoms with Gasteiger partial charge in [-0.15, -0.1) is 0 Å². The lowest BCUT2D eigenvalue weighted by Gasteiger charge is -2.14. The van der Waals surface area contributed by atoms with Gasteiger partial charge in [0.2, 0.25) is 0 Å². The van der Waals surface area contributed by atoms with E-state index in [1.54, 1.807) is 21.7 Å². The molecule has 0 saturated carbocycles. The molecule has 4 rings (SSSR count). The molecule has 0 bridgehead atoms. The Hall–Kier alpha value is -2.84. The molecule has 1 amide bonds. The van der Waals surface area contributed by atoms with Crippen LogP contribution in [0, 0.1) is 0 Å². The molecule has 152 valence electrons. The number of fused-ring (bicyclic) bond motifs is 1. The minimum absolute atomic E-state index is 0.174. The molecule has 6 nitrogen and oxygen atoms in total. The van der Waals surface area contributed by atoms with E-state index in [-0.39, 0.29) is 13.1 Å². The quantitative estimate of drug-likeness (QED) is 0.598. The highest BCUT2D eigenvalue weighted by atomic mass is 19.2. The number of carbonyl (C=O) groups excluding carboxylic acids is 1. The van der Waals surface area contributed by atoms with E-state index in [2.05, 4.69) is 10.4 Å². The molecule has 2 heterocycles. The van der Waals surface area contributed by atoms with Crippen molar-refractivity contribution in [2.75, 3.05) is 26.2 Å². The second kappa shape index (κ2) is 8.26. The number of primary amides is 1. The lowest BCUT2D eigenvalue weighted by atomic mass is 10.1. The van der Waals surface area contributed by atoms with Crippen LogP contribution in [0.3, 0.4) is 0 Å². The zero-order valence-electron chi connectivity index (χ0n) is 15.9. The summed E-state index contributed by atoms with van der Waals surface area (Å²) < 4.78 is 28.1. The van der Waals surface area contributed by atoms with Crippen molar-refractivity contribution >= 4 is 16.8 Å². The van der Waals surface area contributed by atoms with E-state index in [0.29, 0.717) is 30.7 Å². The molecule has 3 aromatic rings. The fourth-order valence-corrected chi connectivity index (χ4v) is 3.59. The number of nitrogens with zero attached hydrogens (tertiary/aromatic N) is 3. The SMILES string of the molecule is NC(=O)c1cccc2cn(-c3ccc(CNCCN4C[C@H](F)[C@@H](F)C4)cc3)nc12. The molecule has 2 atom stereocenters. The Balaban J connectivity index is 1.35. The maximum atomic E-state index is 13.2. The van der Waals surface area contributed by atoms with Crippen LogP contribution >= 0.6 is 0 Å². The first-order valence-electron chi connectivity index (χ1n) is 9.60. The zero-order chi connectivity index (χ0) is 20.4. The fraction of sp³-hybridized carbons (Fsp3) is 0.333. The summed E-state index contributed by atoms with van der Waals surface area (Å²) in [6, 6.07) is 13.2. The van der Waals surface area contributed by atoms with Gasteiger partial charge in [0.25, 0.3) is 5.91 Å². The number of benzene rings is 2. The van der Waals surface area contributed by atoms with Crippen LogP contribution in [0.4, 0.5) is 8.78 Å². The van der Waals surface area contributed by atoms with Crippen molar-refractivity contribution in [1.29, 1.82) is 0 Å². The first-order valence-corrected chi connectivity index (χ1v) is 9.60. The van der Waals surface area contributed by atoms with Gasteiger partial charge in [0, 0.05) is 44.3 Å². The average molecular weight is 399 g/mol. The molecule has 1 aliphatic heterocycles. The van der Waals surface area contributed by atoms with E-state index in [4.69, 9.17) is 5.73 Å². The number of hydrogen-bond donors (Lipinski definition) is 2.